The summed E-state index contributed by atoms with van der Waals surface area (Å²) in [5.74, 6) is 0. The van der Waals surface area contributed by atoms with Gasteiger partial charge in [-0.1, -0.05) is 127 Å². The minimum absolute atomic E-state index is 0.167. The van der Waals surface area contributed by atoms with E-state index in [9.17, 15) is 0 Å². The summed E-state index contributed by atoms with van der Waals surface area (Å²) in [6, 6.07) is 50.5. The van der Waals surface area contributed by atoms with Crippen molar-refractivity contribution in [1.82, 2.24) is 10.6 Å². The SMILES string of the molecule is c1ccc([C@@H](CNCc2c3ccccc3cc3ccccc23)NCc2c3ccccc3cc3ccccc23)cc1. The Morgan fingerprint density at radius 2 is 0.825 bits per heavy atom. The number of fused-ring (bicyclic) bond motifs is 4. The summed E-state index contributed by atoms with van der Waals surface area (Å²) in [7, 11) is 0. The second-order valence-electron chi connectivity index (χ2n) is 10.6. The molecule has 7 aromatic carbocycles. The van der Waals surface area contributed by atoms with Crippen molar-refractivity contribution >= 4 is 43.1 Å². The molecule has 1 atom stereocenters. The normalized spacial score (nSPS) is 12.4. The van der Waals surface area contributed by atoms with Crippen LogP contribution < -0.4 is 10.6 Å². The summed E-state index contributed by atoms with van der Waals surface area (Å²) in [4.78, 5) is 0. The molecule has 0 aromatic heterocycles. The minimum Gasteiger partial charge on any atom is -0.311 e. The van der Waals surface area contributed by atoms with Crippen LogP contribution in [0.1, 0.15) is 22.7 Å². The highest BCUT2D eigenvalue weighted by Crippen LogP contribution is 2.30. The van der Waals surface area contributed by atoms with Gasteiger partial charge in [-0.3, -0.25) is 0 Å². The maximum atomic E-state index is 3.93. The zero-order valence-corrected chi connectivity index (χ0v) is 22.5. The van der Waals surface area contributed by atoms with Crippen LogP contribution >= 0.6 is 0 Å². The number of benzene rings is 7. The fourth-order valence-electron chi connectivity index (χ4n) is 6.16. The van der Waals surface area contributed by atoms with Gasteiger partial charge in [-0.05, 0) is 71.9 Å². The second kappa shape index (κ2) is 10.9. The van der Waals surface area contributed by atoms with Gasteiger partial charge in [0, 0.05) is 25.7 Å². The Labute approximate surface area is 235 Å². The molecule has 0 aliphatic rings. The predicted octanol–water partition coefficient (Wildman–Crippen LogP) is 8.92. The van der Waals surface area contributed by atoms with Crippen LogP contribution in [0.2, 0.25) is 0 Å². The Hall–Kier alpha value is -4.50. The van der Waals surface area contributed by atoms with Crippen molar-refractivity contribution in [2.45, 2.75) is 19.1 Å². The molecule has 0 aliphatic carbocycles. The highest BCUT2D eigenvalue weighted by atomic mass is 15.0. The van der Waals surface area contributed by atoms with Crippen LogP contribution in [-0.2, 0) is 13.1 Å². The molecule has 0 amide bonds. The minimum atomic E-state index is 0.167. The summed E-state index contributed by atoms with van der Waals surface area (Å²) in [6.07, 6.45) is 0. The largest absolute Gasteiger partial charge is 0.311 e. The van der Waals surface area contributed by atoms with Gasteiger partial charge in [0.05, 0.1) is 0 Å². The van der Waals surface area contributed by atoms with Crippen LogP contribution in [0, 0.1) is 0 Å². The third-order valence-electron chi connectivity index (χ3n) is 8.14. The Kier molecular flexibility index (Phi) is 6.71. The van der Waals surface area contributed by atoms with Gasteiger partial charge in [-0.25, -0.2) is 0 Å². The van der Waals surface area contributed by atoms with Crippen molar-refractivity contribution in [3.8, 4) is 0 Å². The molecule has 194 valence electrons. The zero-order chi connectivity index (χ0) is 26.7. The monoisotopic (exact) mass is 516 g/mol. The van der Waals surface area contributed by atoms with E-state index >= 15 is 0 Å². The lowest BCUT2D eigenvalue weighted by atomic mass is 9.96. The van der Waals surface area contributed by atoms with Crippen LogP contribution in [0.5, 0.6) is 0 Å². The van der Waals surface area contributed by atoms with Crippen molar-refractivity contribution in [2.75, 3.05) is 6.54 Å². The molecule has 2 nitrogen and oxygen atoms in total. The molecule has 0 saturated carbocycles. The molecule has 0 radical (unpaired) electrons. The van der Waals surface area contributed by atoms with Crippen LogP contribution in [0.4, 0.5) is 0 Å². The molecule has 0 bridgehead atoms. The molecule has 0 heterocycles. The molecule has 0 spiro atoms. The molecule has 0 fully saturated rings. The van der Waals surface area contributed by atoms with Gasteiger partial charge in [0.25, 0.3) is 0 Å². The highest BCUT2D eigenvalue weighted by Gasteiger charge is 2.15. The molecule has 0 unspecified atom stereocenters. The lowest BCUT2D eigenvalue weighted by Crippen LogP contribution is -2.31. The molecular weight excluding hydrogens is 484 g/mol. The molecule has 2 N–H and O–H groups in total. The van der Waals surface area contributed by atoms with Crippen molar-refractivity contribution in [3.05, 3.63) is 156 Å². The second-order valence-corrected chi connectivity index (χ2v) is 10.6. The van der Waals surface area contributed by atoms with Crippen LogP contribution in [-0.4, -0.2) is 6.54 Å². The first-order valence-corrected chi connectivity index (χ1v) is 14.1. The van der Waals surface area contributed by atoms with E-state index in [0.29, 0.717) is 0 Å². The number of hydrogen-bond donors (Lipinski definition) is 2. The fraction of sp³-hybridized carbons (Fsp3) is 0.105. The van der Waals surface area contributed by atoms with Gasteiger partial charge in [0.1, 0.15) is 0 Å². The van der Waals surface area contributed by atoms with E-state index in [0.717, 1.165) is 19.6 Å². The summed E-state index contributed by atoms with van der Waals surface area (Å²) < 4.78 is 0. The summed E-state index contributed by atoms with van der Waals surface area (Å²) in [5.41, 5.74) is 4.01. The Morgan fingerprint density at radius 3 is 1.30 bits per heavy atom. The van der Waals surface area contributed by atoms with E-state index < -0.39 is 0 Å². The van der Waals surface area contributed by atoms with Gasteiger partial charge in [-0.15, -0.1) is 0 Å². The van der Waals surface area contributed by atoms with E-state index in [-0.39, 0.29) is 6.04 Å². The summed E-state index contributed by atoms with van der Waals surface area (Å²) in [5, 5.41) is 18.2. The molecule has 7 rings (SSSR count). The number of nitrogens with one attached hydrogen (secondary N) is 2. The Balaban J connectivity index is 1.19. The Bertz CT molecular complexity index is 1830. The topological polar surface area (TPSA) is 24.1 Å². The maximum Gasteiger partial charge on any atom is 0.0449 e. The maximum absolute atomic E-state index is 3.93. The summed E-state index contributed by atoms with van der Waals surface area (Å²) >= 11 is 0. The van der Waals surface area contributed by atoms with Crippen LogP contribution in [0.15, 0.2) is 140 Å². The van der Waals surface area contributed by atoms with E-state index in [1.54, 1.807) is 0 Å². The first-order valence-electron chi connectivity index (χ1n) is 14.1. The quantitative estimate of drug-likeness (QED) is 0.197. The van der Waals surface area contributed by atoms with E-state index in [1.807, 2.05) is 0 Å². The third-order valence-corrected chi connectivity index (χ3v) is 8.14. The van der Waals surface area contributed by atoms with E-state index in [4.69, 9.17) is 0 Å². The average Bonchev–Trinajstić information content (AvgIpc) is 3.02. The van der Waals surface area contributed by atoms with Gasteiger partial charge in [-0.2, -0.15) is 0 Å². The number of rotatable bonds is 8. The zero-order valence-electron chi connectivity index (χ0n) is 22.5. The molecule has 0 saturated heterocycles. The van der Waals surface area contributed by atoms with Gasteiger partial charge < -0.3 is 10.6 Å². The fourth-order valence-corrected chi connectivity index (χ4v) is 6.16. The van der Waals surface area contributed by atoms with Gasteiger partial charge in [0.15, 0.2) is 0 Å². The number of hydrogen-bond acceptors (Lipinski definition) is 2. The van der Waals surface area contributed by atoms with E-state index in [2.05, 4.69) is 150 Å². The predicted molar refractivity (Wildman–Crippen MR) is 171 cm³/mol. The lowest BCUT2D eigenvalue weighted by Gasteiger charge is -2.22. The molecule has 40 heavy (non-hydrogen) atoms. The third kappa shape index (κ3) is 4.73. The van der Waals surface area contributed by atoms with Crippen molar-refractivity contribution in [3.63, 3.8) is 0 Å². The van der Waals surface area contributed by atoms with E-state index in [1.165, 1.54) is 59.8 Å². The standard InChI is InChI=1S/C38H32N2/c1-2-12-27(13-3-1)38(40-25-37-34-20-10-6-16-30(34)23-31-17-7-11-21-35(31)37)26-39-24-36-32-18-8-4-14-28(32)22-29-15-5-9-19-33(29)36/h1-23,38-40H,24-26H2/t38-/m1/s1. The summed E-state index contributed by atoms with van der Waals surface area (Å²) in [6.45, 7) is 2.43. The van der Waals surface area contributed by atoms with Crippen molar-refractivity contribution in [2.24, 2.45) is 0 Å². The van der Waals surface area contributed by atoms with Crippen molar-refractivity contribution < 1.29 is 0 Å². The van der Waals surface area contributed by atoms with Gasteiger partial charge >= 0.3 is 0 Å². The smallest absolute Gasteiger partial charge is 0.0449 e. The van der Waals surface area contributed by atoms with Crippen LogP contribution in [0.25, 0.3) is 43.1 Å². The lowest BCUT2D eigenvalue weighted by molar-refractivity contribution is 0.490. The van der Waals surface area contributed by atoms with Crippen LogP contribution in [0.3, 0.4) is 0 Å². The van der Waals surface area contributed by atoms with Crippen molar-refractivity contribution in [1.29, 1.82) is 0 Å². The first-order chi connectivity index (χ1) is 19.8. The average molecular weight is 517 g/mol. The molecule has 7 aromatic rings. The molecular formula is C38H32N2. The highest BCUT2D eigenvalue weighted by molar-refractivity contribution is 6.03. The first kappa shape index (κ1) is 24.5. The van der Waals surface area contributed by atoms with Gasteiger partial charge in [0.2, 0.25) is 0 Å². The molecule has 2 heteroatoms. The Morgan fingerprint density at radius 1 is 0.425 bits per heavy atom. The molecule has 0 aliphatic heterocycles.